The van der Waals surface area contributed by atoms with Crippen LogP contribution in [0.25, 0.3) is 0 Å². The molecule has 21 heavy (non-hydrogen) atoms. The van der Waals surface area contributed by atoms with Gasteiger partial charge >= 0.3 is 5.97 Å². The highest BCUT2D eigenvalue weighted by atomic mass is 79.9. The Labute approximate surface area is 133 Å². The molecule has 0 aliphatic rings. The van der Waals surface area contributed by atoms with E-state index in [1.165, 1.54) is 0 Å². The van der Waals surface area contributed by atoms with Gasteiger partial charge in [-0.1, -0.05) is 13.3 Å². The van der Waals surface area contributed by atoms with Crippen LogP contribution in [0.5, 0.6) is 11.5 Å². The van der Waals surface area contributed by atoms with E-state index >= 15 is 0 Å². The summed E-state index contributed by atoms with van der Waals surface area (Å²) < 4.78 is 16.6. The molecule has 0 aromatic heterocycles. The molecular formula is C15H22BrNO4. The summed E-state index contributed by atoms with van der Waals surface area (Å²) in [7, 11) is 1.56. The van der Waals surface area contributed by atoms with E-state index in [-0.39, 0.29) is 12.6 Å². The molecule has 1 rings (SSSR count). The summed E-state index contributed by atoms with van der Waals surface area (Å²) >= 11 is 3.42. The zero-order valence-corrected chi connectivity index (χ0v) is 14.1. The smallest absolute Gasteiger partial charge is 0.344 e. The van der Waals surface area contributed by atoms with E-state index in [0.29, 0.717) is 24.7 Å². The molecule has 0 saturated carbocycles. The van der Waals surface area contributed by atoms with Crippen molar-refractivity contribution in [2.45, 2.75) is 26.2 Å². The molecule has 0 amide bonds. The van der Waals surface area contributed by atoms with E-state index in [9.17, 15) is 4.79 Å². The fourth-order valence-electron chi connectivity index (χ4n) is 1.73. The minimum Gasteiger partial charge on any atom is -0.493 e. The molecule has 0 bridgehead atoms. The number of unbranched alkanes of at least 4 members (excludes halogenated alkanes) is 1. The number of nitrogens with two attached hydrogens (primary N) is 1. The molecule has 0 unspecified atom stereocenters. The van der Waals surface area contributed by atoms with Gasteiger partial charge in [-0.25, -0.2) is 4.79 Å². The molecular weight excluding hydrogens is 338 g/mol. The predicted molar refractivity (Wildman–Crippen MR) is 84.8 cm³/mol. The van der Waals surface area contributed by atoms with E-state index < -0.39 is 0 Å². The standard InChI is InChI=1S/C15H22BrNO4/c1-3-4-7-20-14(18)10-21-15-12(16)8-11(5-6-17)9-13(15)19-2/h8-9H,3-7,10,17H2,1-2H3. The van der Waals surface area contributed by atoms with Crippen LogP contribution in [0.1, 0.15) is 25.3 Å². The van der Waals surface area contributed by atoms with E-state index in [2.05, 4.69) is 15.9 Å². The third-order valence-corrected chi connectivity index (χ3v) is 3.41. The Kier molecular flexibility index (Phi) is 8.15. The van der Waals surface area contributed by atoms with Gasteiger partial charge in [0.15, 0.2) is 18.1 Å². The Balaban J connectivity index is 2.67. The minimum atomic E-state index is -0.386. The maximum atomic E-state index is 11.6. The number of ether oxygens (including phenoxy) is 3. The van der Waals surface area contributed by atoms with Gasteiger partial charge in [-0.2, -0.15) is 0 Å². The van der Waals surface area contributed by atoms with Gasteiger partial charge in [0.2, 0.25) is 0 Å². The van der Waals surface area contributed by atoms with Crippen LogP contribution in [0, 0.1) is 0 Å². The van der Waals surface area contributed by atoms with Crippen molar-refractivity contribution in [1.29, 1.82) is 0 Å². The van der Waals surface area contributed by atoms with Crippen molar-refractivity contribution >= 4 is 21.9 Å². The first kappa shape index (κ1) is 17.8. The maximum absolute atomic E-state index is 11.6. The van der Waals surface area contributed by atoms with E-state index in [0.717, 1.165) is 29.3 Å². The lowest BCUT2D eigenvalue weighted by Crippen LogP contribution is -2.16. The predicted octanol–water partition coefficient (Wildman–Crippen LogP) is 2.68. The van der Waals surface area contributed by atoms with Gasteiger partial charge in [0.25, 0.3) is 0 Å². The Bertz CT molecular complexity index is 465. The van der Waals surface area contributed by atoms with Crippen molar-refractivity contribution in [3.05, 3.63) is 22.2 Å². The van der Waals surface area contributed by atoms with E-state index in [1.54, 1.807) is 7.11 Å². The second-order valence-corrected chi connectivity index (χ2v) is 5.36. The lowest BCUT2D eigenvalue weighted by molar-refractivity contribution is -0.146. The van der Waals surface area contributed by atoms with Crippen molar-refractivity contribution in [1.82, 2.24) is 0 Å². The molecule has 0 fully saturated rings. The van der Waals surface area contributed by atoms with Crippen LogP contribution in [0.4, 0.5) is 0 Å². The summed E-state index contributed by atoms with van der Waals surface area (Å²) in [6, 6.07) is 3.77. The van der Waals surface area contributed by atoms with Crippen LogP contribution >= 0.6 is 15.9 Å². The Morgan fingerprint density at radius 1 is 1.38 bits per heavy atom. The van der Waals surface area contributed by atoms with Crippen LogP contribution in [-0.4, -0.2) is 32.8 Å². The van der Waals surface area contributed by atoms with Crippen LogP contribution in [0.2, 0.25) is 0 Å². The highest BCUT2D eigenvalue weighted by Gasteiger charge is 2.13. The number of carbonyl (C=O) groups is 1. The molecule has 0 heterocycles. The summed E-state index contributed by atoms with van der Waals surface area (Å²) in [5.41, 5.74) is 6.59. The summed E-state index contributed by atoms with van der Waals surface area (Å²) in [6.45, 7) is 2.87. The van der Waals surface area contributed by atoms with Crippen LogP contribution in [-0.2, 0) is 16.0 Å². The van der Waals surface area contributed by atoms with Crippen molar-refractivity contribution in [3.63, 3.8) is 0 Å². The molecule has 1 aromatic rings. The Morgan fingerprint density at radius 2 is 2.14 bits per heavy atom. The third kappa shape index (κ3) is 5.93. The summed E-state index contributed by atoms with van der Waals surface area (Å²) in [6.07, 6.45) is 2.58. The van der Waals surface area contributed by atoms with Gasteiger partial charge in [0.1, 0.15) is 0 Å². The first-order valence-electron chi connectivity index (χ1n) is 6.97. The highest BCUT2D eigenvalue weighted by Crippen LogP contribution is 2.36. The maximum Gasteiger partial charge on any atom is 0.344 e. The van der Waals surface area contributed by atoms with Gasteiger partial charge in [0.05, 0.1) is 18.2 Å². The third-order valence-electron chi connectivity index (χ3n) is 2.82. The molecule has 0 saturated heterocycles. The Hall–Kier alpha value is -1.27. The fourth-order valence-corrected chi connectivity index (χ4v) is 2.33. The highest BCUT2D eigenvalue weighted by molar-refractivity contribution is 9.10. The second-order valence-electron chi connectivity index (χ2n) is 4.51. The molecule has 1 aromatic carbocycles. The van der Waals surface area contributed by atoms with Crippen molar-refractivity contribution in [2.24, 2.45) is 5.73 Å². The van der Waals surface area contributed by atoms with Crippen molar-refractivity contribution < 1.29 is 19.0 Å². The van der Waals surface area contributed by atoms with Crippen LogP contribution in [0.15, 0.2) is 16.6 Å². The van der Waals surface area contributed by atoms with Crippen molar-refractivity contribution in [2.75, 3.05) is 26.9 Å². The van der Waals surface area contributed by atoms with Gasteiger partial charge in [-0.15, -0.1) is 0 Å². The topological polar surface area (TPSA) is 70.8 Å². The molecule has 0 atom stereocenters. The lowest BCUT2D eigenvalue weighted by Gasteiger charge is -2.14. The number of carbonyl (C=O) groups excluding carboxylic acids is 1. The number of hydrogen-bond acceptors (Lipinski definition) is 5. The summed E-state index contributed by atoms with van der Waals surface area (Å²) in [5, 5.41) is 0. The van der Waals surface area contributed by atoms with Crippen LogP contribution < -0.4 is 15.2 Å². The number of halogens is 1. The molecule has 0 radical (unpaired) electrons. The number of rotatable bonds is 9. The van der Waals surface area contributed by atoms with Gasteiger partial charge in [-0.3, -0.25) is 0 Å². The second kappa shape index (κ2) is 9.63. The number of methoxy groups -OCH3 is 1. The largest absolute Gasteiger partial charge is 0.493 e. The number of benzene rings is 1. The SMILES string of the molecule is CCCCOC(=O)COc1c(Br)cc(CCN)cc1OC. The quantitative estimate of drug-likeness (QED) is 0.542. The van der Waals surface area contributed by atoms with Gasteiger partial charge < -0.3 is 19.9 Å². The lowest BCUT2D eigenvalue weighted by atomic mass is 10.1. The van der Waals surface area contributed by atoms with Gasteiger partial charge in [0, 0.05) is 0 Å². The summed E-state index contributed by atoms with van der Waals surface area (Å²) in [5.74, 6) is 0.670. The van der Waals surface area contributed by atoms with Crippen molar-refractivity contribution in [3.8, 4) is 11.5 Å². The molecule has 5 nitrogen and oxygen atoms in total. The monoisotopic (exact) mass is 359 g/mol. The van der Waals surface area contributed by atoms with Gasteiger partial charge in [-0.05, 0) is 53.0 Å². The molecule has 0 aliphatic heterocycles. The average molecular weight is 360 g/mol. The van der Waals surface area contributed by atoms with Crippen LogP contribution in [0.3, 0.4) is 0 Å². The fraction of sp³-hybridized carbons (Fsp3) is 0.533. The first-order valence-corrected chi connectivity index (χ1v) is 7.76. The molecule has 0 spiro atoms. The normalized spacial score (nSPS) is 10.3. The molecule has 2 N–H and O–H groups in total. The number of hydrogen-bond donors (Lipinski definition) is 1. The first-order chi connectivity index (χ1) is 10.1. The summed E-state index contributed by atoms with van der Waals surface area (Å²) in [4.78, 5) is 11.6. The zero-order valence-electron chi connectivity index (χ0n) is 12.5. The van der Waals surface area contributed by atoms with E-state index in [1.807, 2.05) is 19.1 Å². The zero-order chi connectivity index (χ0) is 15.7. The van der Waals surface area contributed by atoms with E-state index in [4.69, 9.17) is 19.9 Å². The molecule has 6 heteroatoms. The average Bonchev–Trinajstić information content (AvgIpc) is 2.46. The Morgan fingerprint density at radius 3 is 2.76 bits per heavy atom. The molecule has 0 aliphatic carbocycles. The minimum absolute atomic E-state index is 0.144. The number of esters is 1. The molecule has 118 valence electrons.